The van der Waals surface area contributed by atoms with Crippen LogP contribution in [0.2, 0.25) is 0 Å². The van der Waals surface area contributed by atoms with Crippen molar-refractivity contribution in [2.24, 2.45) is 0 Å². The highest BCUT2D eigenvalue weighted by atomic mass is 19.1. The molecule has 0 bridgehead atoms. The molecule has 1 amide bonds. The third kappa shape index (κ3) is 4.85. The van der Waals surface area contributed by atoms with E-state index in [1.54, 1.807) is 12.1 Å². The second-order valence-electron chi connectivity index (χ2n) is 8.90. The first-order valence-corrected chi connectivity index (χ1v) is 12.3. The van der Waals surface area contributed by atoms with E-state index in [0.717, 1.165) is 22.2 Å². The molecule has 3 aromatic carbocycles. The van der Waals surface area contributed by atoms with Crippen molar-refractivity contribution in [3.63, 3.8) is 0 Å². The van der Waals surface area contributed by atoms with E-state index >= 15 is 0 Å². The second-order valence-corrected chi connectivity index (χ2v) is 8.90. The predicted octanol–water partition coefficient (Wildman–Crippen LogP) is 5.90. The van der Waals surface area contributed by atoms with Crippen molar-refractivity contribution in [2.75, 3.05) is 31.1 Å². The van der Waals surface area contributed by atoms with Gasteiger partial charge in [0, 0.05) is 38.1 Å². The number of carbonyl (C=O) groups is 1. The Balaban J connectivity index is 1.39. The number of carbonyl (C=O) groups excluding carboxylic acids is 1. The minimum Gasteiger partial charge on any atom is -0.488 e. The van der Waals surface area contributed by atoms with Gasteiger partial charge >= 0.3 is 0 Å². The summed E-state index contributed by atoms with van der Waals surface area (Å²) in [6.07, 6.45) is 4.03. The normalized spacial score (nSPS) is 14.1. The van der Waals surface area contributed by atoms with Gasteiger partial charge in [-0.2, -0.15) is 0 Å². The first kappa shape index (κ1) is 23.7. The standard InChI is InChI=1S/C30H30FN3O2/c1-2-3-16-34-26-14-9-15-29(36-22-23-10-5-4-6-11-23)24(26)21-28(34)30(35)33-19-17-32(18-20-33)27-13-8-7-12-25(27)31/h2-15,21H,16-20,22H2,1H3/b3-2-. The molecule has 184 valence electrons. The van der Waals surface area contributed by atoms with Crippen LogP contribution in [0.15, 0.2) is 91.0 Å². The van der Waals surface area contributed by atoms with E-state index in [4.69, 9.17) is 4.74 Å². The number of hydrogen-bond acceptors (Lipinski definition) is 3. The fourth-order valence-electron chi connectivity index (χ4n) is 4.72. The Hall–Kier alpha value is -4.06. The van der Waals surface area contributed by atoms with E-state index in [1.165, 1.54) is 6.07 Å². The van der Waals surface area contributed by atoms with Crippen LogP contribution in [0.3, 0.4) is 0 Å². The smallest absolute Gasteiger partial charge is 0.270 e. The Morgan fingerprint density at radius 2 is 1.69 bits per heavy atom. The summed E-state index contributed by atoms with van der Waals surface area (Å²) in [5.74, 6) is 0.513. The SMILES string of the molecule is C/C=C\Cn1c(C(=O)N2CCN(c3ccccc3F)CC2)cc2c(OCc3ccccc3)cccc21. The number of allylic oxidation sites excluding steroid dienone is 2. The quantitative estimate of drug-likeness (QED) is 0.307. The molecule has 4 aromatic rings. The average molecular weight is 484 g/mol. The molecule has 2 heterocycles. The van der Waals surface area contributed by atoms with Crippen molar-refractivity contribution < 1.29 is 13.9 Å². The zero-order valence-corrected chi connectivity index (χ0v) is 20.4. The molecule has 36 heavy (non-hydrogen) atoms. The maximum absolute atomic E-state index is 14.2. The maximum Gasteiger partial charge on any atom is 0.270 e. The zero-order chi connectivity index (χ0) is 24.9. The number of amides is 1. The molecule has 1 saturated heterocycles. The summed E-state index contributed by atoms with van der Waals surface area (Å²) in [6, 6.07) is 24.7. The van der Waals surface area contributed by atoms with Gasteiger partial charge in [-0.3, -0.25) is 4.79 Å². The van der Waals surface area contributed by atoms with Crippen LogP contribution in [-0.2, 0) is 13.2 Å². The van der Waals surface area contributed by atoms with Crippen LogP contribution in [0.1, 0.15) is 23.0 Å². The number of fused-ring (bicyclic) bond motifs is 1. The van der Waals surface area contributed by atoms with Gasteiger partial charge in [0.1, 0.15) is 23.9 Å². The van der Waals surface area contributed by atoms with E-state index in [2.05, 4.69) is 4.57 Å². The fourth-order valence-corrected chi connectivity index (χ4v) is 4.72. The van der Waals surface area contributed by atoms with E-state index in [-0.39, 0.29) is 11.7 Å². The molecule has 0 spiro atoms. The molecule has 0 saturated carbocycles. The van der Waals surface area contributed by atoms with Crippen molar-refractivity contribution in [2.45, 2.75) is 20.1 Å². The minimum absolute atomic E-state index is 0.0158. The van der Waals surface area contributed by atoms with Crippen molar-refractivity contribution in [3.05, 3.63) is 108 Å². The van der Waals surface area contributed by atoms with Gasteiger partial charge < -0.3 is 19.1 Å². The summed E-state index contributed by atoms with van der Waals surface area (Å²) >= 11 is 0. The number of halogens is 1. The van der Waals surface area contributed by atoms with Crippen LogP contribution in [0.4, 0.5) is 10.1 Å². The van der Waals surface area contributed by atoms with Gasteiger partial charge in [-0.25, -0.2) is 4.39 Å². The molecule has 5 nitrogen and oxygen atoms in total. The number of ether oxygens (including phenoxy) is 1. The van der Waals surface area contributed by atoms with Crippen LogP contribution >= 0.6 is 0 Å². The molecule has 1 aliphatic heterocycles. The van der Waals surface area contributed by atoms with Crippen LogP contribution in [0.25, 0.3) is 10.9 Å². The fraction of sp³-hybridized carbons (Fsp3) is 0.233. The number of hydrogen-bond donors (Lipinski definition) is 0. The molecule has 0 radical (unpaired) electrons. The summed E-state index contributed by atoms with van der Waals surface area (Å²) in [5.41, 5.74) is 3.28. The molecule has 1 aliphatic rings. The van der Waals surface area contributed by atoms with Gasteiger partial charge in [-0.15, -0.1) is 0 Å². The molecule has 0 aliphatic carbocycles. The zero-order valence-electron chi connectivity index (χ0n) is 20.4. The Bertz CT molecular complexity index is 1370. The largest absolute Gasteiger partial charge is 0.488 e. The molecule has 0 atom stereocenters. The number of piperazine rings is 1. The van der Waals surface area contributed by atoms with Crippen molar-refractivity contribution >= 4 is 22.5 Å². The molecule has 5 rings (SSSR count). The van der Waals surface area contributed by atoms with E-state index in [0.29, 0.717) is 50.7 Å². The Kier molecular flexibility index (Phi) is 7.03. The number of anilines is 1. The third-order valence-corrected chi connectivity index (χ3v) is 6.65. The topological polar surface area (TPSA) is 37.7 Å². The first-order valence-electron chi connectivity index (χ1n) is 12.3. The highest BCUT2D eigenvalue weighted by Crippen LogP contribution is 2.31. The first-order chi connectivity index (χ1) is 17.7. The molecular weight excluding hydrogens is 453 g/mol. The van der Waals surface area contributed by atoms with Gasteiger partial charge in [0.2, 0.25) is 0 Å². The Morgan fingerprint density at radius 1 is 0.944 bits per heavy atom. The summed E-state index contributed by atoms with van der Waals surface area (Å²) in [7, 11) is 0. The van der Waals surface area contributed by atoms with Crippen LogP contribution < -0.4 is 9.64 Å². The van der Waals surface area contributed by atoms with E-state index in [9.17, 15) is 9.18 Å². The lowest BCUT2D eigenvalue weighted by molar-refractivity contribution is 0.0737. The maximum atomic E-state index is 14.2. The number of benzene rings is 3. The highest BCUT2D eigenvalue weighted by Gasteiger charge is 2.26. The second kappa shape index (κ2) is 10.7. The van der Waals surface area contributed by atoms with Gasteiger partial charge in [0.05, 0.1) is 11.2 Å². The number of nitrogens with zero attached hydrogens (tertiary/aromatic N) is 3. The molecule has 1 fully saturated rings. The number of aromatic nitrogens is 1. The minimum atomic E-state index is -0.230. The average Bonchev–Trinajstić information content (AvgIpc) is 3.30. The molecule has 0 N–H and O–H groups in total. The molecule has 1 aromatic heterocycles. The summed E-state index contributed by atoms with van der Waals surface area (Å²) < 4.78 is 22.5. The van der Waals surface area contributed by atoms with Crippen LogP contribution in [-0.4, -0.2) is 41.6 Å². The summed E-state index contributed by atoms with van der Waals surface area (Å²) in [4.78, 5) is 17.6. The lowest BCUT2D eigenvalue weighted by atomic mass is 10.2. The van der Waals surface area contributed by atoms with Crippen molar-refractivity contribution in [3.8, 4) is 5.75 Å². The summed E-state index contributed by atoms with van der Waals surface area (Å²) in [6.45, 7) is 5.29. The van der Waals surface area contributed by atoms with Crippen LogP contribution in [0, 0.1) is 5.82 Å². The number of para-hydroxylation sites is 1. The monoisotopic (exact) mass is 483 g/mol. The molecule has 0 unspecified atom stereocenters. The van der Waals surface area contributed by atoms with Gasteiger partial charge in [0.25, 0.3) is 5.91 Å². The molecule has 6 heteroatoms. The number of rotatable bonds is 7. The lowest BCUT2D eigenvalue weighted by Crippen LogP contribution is -2.49. The predicted molar refractivity (Wildman–Crippen MR) is 142 cm³/mol. The summed E-state index contributed by atoms with van der Waals surface area (Å²) in [5, 5.41) is 0.922. The lowest BCUT2D eigenvalue weighted by Gasteiger charge is -2.36. The Morgan fingerprint density at radius 3 is 2.44 bits per heavy atom. The van der Waals surface area contributed by atoms with Crippen molar-refractivity contribution in [1.82, 2.24) is 9.47 Å². The van der Waals surface area contributed by atoms with E-state index in [1.807, 2.05) is 89.5 Å². The molecular formula is C30H30FN3O2. The van der Waals surface area contributed by atoms with Gasteiger partial charge in [0.15, 0.2) is 0 Å². The van der Waals surface area contributed by atoms with E-state index < -0.39 is 0 Å². The third-order valence-electron chi connectivity index (χ3n) is 6.65. The Labute approximate surface area is 211 Å². The van der Waals surface area contributed by atoms with Gasteiger partial charge in [-0.05, 0) is 42.8 Å². The van der Waals surface area contributed by atoms with Gasteiger partial charge in [-0.1, -0.05) is 60.7 Å². The van der Waals surface area contributed by atoms with Crippen LogP contribution in [0.5, 0.6) is 5.75 Å². The highest BCUT2D eigenvalue weighted by molar-refractivity contribution is 6.00. The van der Waals surface area contributed by atoms with Crippen molar-refractivity contribution in [1.29, 1.82) is 0 Å².